The van der Waals surface area contributed by atoms with Crippen molar-refractivity contribution in [3.05, 3.63) is 71.3 Å². The van der Waals surface area contributed by atoms with Gasteiger partial charge in [-0.15, -0.1) is 11.6 Å². The topological polar surface area (TPSA) is 17.1 Å². The van der Waals surface area contributed by atoms with Gasteiger partial charge in [0.2, 0.25) is 0 Å². The van der Waals surface area contributed by atoms with E-state index in [9.17, 15) is 4.79 Å². The summed E-state index contributed by atoms with van der Waals surface area (Å²) in [4.78, 5) is 12.0. The van der Waals surface area contributed by atoms with Gasteiger partial charge in [0.15, 0.2) is 5.78 Å². The fourth-order valence-electron chi connectivity index (χ4n) is 1.80. The first-order chi connectivity index (χ1) is 8.66. The number of carbonyl (C=O) groups is 1. The van der Waals surface area contributed by atoms with Crippen molar-refractivity contribution in [1.82, 2.24) is 0 Å². The van der Waals surface area contributed by atoms with Gasteiger partial charge in [-0.1, -0.05) is 60.2 Å². The third-order valence-electron chi connectivity index (χ3n) is 2.90. The van der Waals surface area contributed by atoms with E-state index in [1.807, 2.05) is 61.5 Å². The van der Waals surface area contributed by atoms with Gasteiger partial charge in [0, 0.05) is 12.0 Å². The Morgan fingerprint density at radius 2 is 1.67 bits per heavy atom. The highest BCUT2D eigenvalue weighted by molar-refractivity contribution is 6.22. The second-order valence-electron chi connectivity index (χ2n) is 4.37. The zero-order chi connectivity index (χ0) is 13.0. The molecule has 0 saturated carbocycles. The second kappa shape index (κ2) is 5.83. The monoisotopic (exact) mass is 258 g/mol. The van der Waals surface area contributed by atoms with E-state index < -0.39 is 0 Å². The first-order valence-corrected chi connectivity index (χ1v) is 6.39. The molecule has 1 atom stereocenters. The van der Waals surface area contributed by atoms with E-state index >= 15 is 0 Å². The molecule has 0 aliphatic rings. The molecule has 0 aliphatic carbocycles. The number of Topliss-reactive ketones (excluding diaryl/α,β-unsaturated/α-hetero) is 1. The molecule has 0 bridgehead atoms. The summed E-state index contributed by atoms with van der Waals surface area (Å²) in [7, 11) is 0. The van der Waals surface area contributed by atoms with Crippen molar-refractivity contribution < 1.29 is 4.79 Å². The van der Waals surface area contributed by atoms with Crippen LogP contribution < -0.4 is 0 Å². The number of benzene rings is 2. The van der Waals surface area contributed by atoms with Gasteiger partial charge in [0.25, 0.3) is 0 Å². The van der Waals surface area contributed by atoms with Gasteiger partial charge in [-0.3, -0.25) is 4.79 Å². The smallest absolute Gasteiger partial charge is 0.164 e. The first kappa shape index (κ1) is 12.8. The summed E-state index contributed by atoms with van der Waals surface area (Å²) in [5, 5.41) is -0.265. The van der Waals surface area contributed by atoms with Crippen LogP contribution >= 0.6 is 11.6 Å². The standard InChI is InChI=1S/C16H15ClO/c1-12-7-9-13(10-8-12)15(17)11-16(18)14-5-3-2-4-6-14/h2-10,15H,11H2,1H3. The number of aryl methyl sites for hydroxylation is 1. The summed E-state index contributed by atoms with van der Waals surface area (Å²) in [6, 6.07) is 17.2. The Labute approximate surface area is 112 Å². The lowest BCUT2D eigenvalue weighted by Gasteiger charge is -2.09. The fraction of sp³-hybridized carbons (Fsp3) is 0.188. The van der Waals surface area contributed by atoms with Gasteiger partial charge in [0.1, 0.15) is 0 Å². The lowest BCUT2D eigenvalue weighted by molar-refractivity contribution is 0.0981. The number of carbonyl (C=O) groups excluding carboxylic acids is 1. The zero-order valence-corrected chi connectivity index (χ0v) is 11.0. The minimum Gasteiger partial charge on any atom is -0.294 e. The lowest BCUT2D eigenvalue weighted by atomic mass is 10.0. The van der Waals surface area contributed by atoms with Crippen LogP contribution in [-0.2, 0) is 0 Å². The van der Waals surface area contributed by atoms with E-state index in [-0.39, 0.29) is 11.2 Å². The quantitative estimate of drug-likeness (QED) is 0.581. The van der Waals surface area contributed by atoms with Crippen LogP contribution in [-0.4, -0.2) is 5.78 Å². The molecule has 2 aromatic rings. The summed E-state index contributed by atoms with van der Waals surface area (Å²) in [6.45, 7) is 2.03. The number of rotatable bonds is 4. The molecule has 0 aromatic heterocycles. The summed E-state index contributed by atoms with van der Waals surface area (Å²) in [6.07, 6.45) is 0.328. The Bertz CT molecular complexity index is 517. The van der Waals surface area contributed by atoms with E-state index in [0.717, 1.165) is 11.1 Å². The highest BCUT2D eigenvalue weighted by Gasteiger charge is 2.14. The first-order valence-electron chi connectivity index (χ1n) is 5.95. The van der Waals surface area contributed by atoms with Gasteiger partial charge >= 0.3 is 0 Å². The van der Waals surface area contributed by atoms with Crippen molar-refractivity contribution in [3.8, 4) is 0 Å². The predicted molar refractivity (Wildman–Crippen MR) is 75.2 cm³/mol. The molecule has 18 heavy (non-hydrogen) atoms. The maximum absolute atomic E-state index is 12.0. The molecular formula is C16H15ClO. The summed E-state index contributed by atoms with van der Waals surface area (Å²) in [5.74, 6) is 0.0798. The van der Waals surface area contributed by atoms with Crippen LogP contribution in [0.3, 0.4) is 0 Å². The molecule has 0 spiro atoms. The molecule has 0 heterocycles. The van der Waals surface area contributed by atoms with Crippen LogP contribution in [0.15, 0.2) is 54.6 Å². The molecule has 0 N–H and O–H groups in total. The fourth-order valence-corrected chi connectivity index (χ4v) is 2.08. The van der Waals surface area contributed by atoms with E-state index in [4.69, 9.17) is 11.6 Å². The van der Waals surface area contributed by atoms with E-state index in [1.54, 1.807) is 0 Å². The van der Waals surface area contributed by atoms with Crippen LogP contribution in [0, 0.1) is 6.92 Å². The van der Waals surface area contributed by atoms with Crippen molar-refractivity contribution in [2.75, 3.05) is 0 Å². The summed E-state index contributed by atoms with van der Waals surface area (Å²) < 4.78 is 0. The van der Waals surface area contributed by atoms with Crippen LogP contribution in [0.4, 0.5) is 0 Å². The van der Waals surface area contributed by atoms with E-state index in [0.29, 0.717) is 6.42 Å². The molecule has 0 fully saturated rings. The third kappa shape index (κ3) is 3.21. The zero-order valence-electron chi connectivity index (χ0n) is 10.3. The van der Waals surface area contributed by atoms with E-state index in [1.165, 1.54) is 5.56 Å². The minimum atomic E-state index is -0.265. The van der Waals surface area contributed by atoms with Gasteiger partial charge in [-0.25, -0.2) is 0 Å². The molecular weight excluding hydrogens is 244 g/mol. The van der Waals surface area contributed by atoms with Crippen molar-refractivity contribution in [3.63, 3.8) is 0 Å². The number of hydrogen-bond donors (Lipinski definition) is 0. The Morgan fingerprint density at radius 1 is 1.06 bits per heavy atom. The van der Waals surface area contributed by atoms with Crippen LogP contribution in [0.1, 0.15) is 33.3 Å². The molecule has 0 radical (unpaired) electrons. The van der Waals surface area contributed by atoms with E-state index in [2.05, 4.69) is 0 Å². The van der Waals surface area contributed by atoms with Crippen LogP contribution in [0.25, 0.3) is 0 Å². The van der Waals surface area contributed by atoms with Crippen molar-refractivity contribution >= 4 is 17.4 Å². The molecule has 0 amide bonds. The van der Waals surface area contributed by atoms with Gasteiger partial charge in [-0.2, -0.15) is 0 Å². The Hall–Kier alpha value is -1.60. The number of halogens is 1. The summed E-state index contributed by atoms with van der Waals surface area (Å²) >= 11 is 6.28. The number of alkyl halides is 1. The van der Waals surface area contributed by atoms with Crippen molar-refractivity contribution in [2.45, 2.75) is 18.7 Å². The highest BCUT2D eigenvalue weighted by Crippen LogP contribution is 2.26. The number of ketones is 1. The summed E-state index contributed by atoms with van der Waals surface area (Å²) in [5.41, 5.74) is 2.90. The van der Waals surface area contributed by atoms with Gasteiger partial charge in [-0.05, 0) is 12.5 Å². The minimum absolute atomic E-state index is 0.0798. The third-order valence-corrected chi connectivity index (χ3v) is 3.31. The van der Waals surface area contributed by atoms with Crippen LogP contribution in [0.5, 0.6) is 0 Å². The molecule has 0 saturated heterocycles. The highest BCUT2D eigenvalue weighted by atomic mass is 35.5. The SMILES string of the molecule is Cc1ccc(C(Cl)CC(=O)c2ccccc2)cc1. The van der Waals surface area contributed by atoms with Gasteiger partial charge in [0.05, 0.1) is 5.38 Å². The van der Waals surface area contributed by atoms with Crippen molar-refractivity contribution in [1.29, 1.82) is 0 Å². The molecule has 2 aromatic carbocycles. The molecule has 1 unspecified atom stereocenters. The van der Waals surface area contributed by atoms with Gasteiger partial charge < -0.3 is 0 Å². The average Bonchev–Trinajstić information content (AvgIpc) is 2.40. The maximum Gasteiger partial charge on any atom is 0.164 e. The molecule has 1 nitrogen and oxygen atoms in total. The molecule has 2 heteroatoms. The Kier molecular flexibility index (Phi) is 4.16. The molecule has 0 aliphatic heterocycles. The maximum atomic E-state index is 12.0. The normalized spacial score (nSPS) is 12.1. The Morgan fingerprint density at radius 3 is 2.28 bits per heavy atom. The molecule has 92 valence electrons. The average molecular weight is 259 g/mol. The largest absolute Gasteiger partial charge is 0.294 e. The number of hydrogen-bond acceptors (Lipinski definition) is 1. The lowest BCUT2D eigenvalue weighted by Crippen LogP contribution is -2.03. The van der Waals surface area contributed by atoms with Crippen molar-refractivity contribution in [2.24, 2.45) is 0 Å². The van der Waals surface area contributed by atoms with Crippen LogP contribution in [0.2, 0.25) is 0 Å². The molecule has 2 rings (SSSR count). The second-order valence-corrected chi connectivity index (χ2v) is 4.90. The predicted octanol–water partition coefficient (Wildman–Crippen LogP) is 4.55. The Balaban J connectivity index is 2.06.